The van der Waals surface area contributed by atoms with Gasteiger partial charge >= 0.3 is 6.18 Å². The second-order valence-corrected chi connectivity index (χ2v) is 4.45. The van der Waals surface area contributed by atoms with Crippen molar-refractivity contribution < 1.29 is 31.5 Å². The van der Waals surface area contributed by atoms with Gasteiger partial charge < -0.3 is 10.1 Å². The molecular weight excluding hydrogens is 321 g/mol. The van der Waals surface area contributed by atoms with Gasteiger partial charge in [-0.05, 0) is 24.3 Å². The van der Waals surface area contributed by atoms with Crippen molar-refractivity contribution in [2.75, 3.05) is 11.9 Å². The molecule has 0 aliphatic heterocycles. The fourth-order valence-corrected chi connectivity index (χ4v) is 1.75. The largest absolute Gasteiger partial charge is 0.483 e. The van der Waals surface area contributed by atoms with Crippen LogP contribution in [0.2, 0.25) is 0 Å². The van der Waals surface area contributed by atoms with E-state index < -0.39 is 47.3 Å². The van der Waals surface area contributed by atoms with Gasteiger partial charge in [-0.3, -0.25) is 4.79 Å². The topological polar surface area (TPSA) is 38.3 Å². The number of amides is 1. The van der Waals surface area contributed by atoms with Gasteiger partial charge in [0.2, 0.25) is 0 Å². The second-order valence-electron chi connectivity index (χ2n) is 4.45. The van der Waals surface area contributed by atoms with Gasteiger partial charge in [0.15, 0.2) is 6.61 Å². The van der Waals surface area contributed by atoms with Crippen LogP contribution in [0, 0.1) is 11.6 Å². The molecule has 0 unspecified atom stereocenters. The highest BCUT2D eigenvalue weighted by Gasteiger charge is 2.34. The third-order valence-corrected chi connectivity index (χ3v) is 2.75. The van der Waals surface area contributed by atoms with E-state index in [0.717, 1.165) is 30.3 Å². The molecule has 0 spiro atoms. The number of benzene rings is 2. The van der Waals surface area contributed by atoms with Crippen LogP contribution >= 0.6 is 0 Å². The van der Waals surface area contributed by atoms with Crippen LogP contribution in [0.25, 0.3) is 0 Å². The summed E-state index contributed by atoms with van der Waals surface area (Å²) in [7, 11) is 0. The number of hydrogen-bond donors (Lipinski definition) is 1. The van der Waals surface area contributed by atoms with Gasteiger partial charge in [0.05, 0.1) is 11.3 Å². The molecule has 0 radical (unpaired) electrons. The normalized spacial score (nSPS) is 11.2. The molecule has 1 N–H and O–H groups in total. The summed E-state index contributed by atoms with van der Waals surface area (Å²) < 4.78 is 69.4. The van der Waals surface area contributed by atoms with Crippen molar-refractivity contribution in [2.24, 2.45) is 0 Å². The lowest BCUT2D eigenvalue weighted by atomic mass is 10.2. The summed E-state index contributed by atoms with van der Waals surface area (Å²) in [6.07, 6.45) is -4.64. The van der Waals surface area contributed by atoms with Gasteiger partial charge in [0, 0.05) is 6.07 Å². The first-order valence-electron chi connectivity index (χ1n) is 6.31. The first-order valence-corrected chi connectivity index (χ1v) is 6.31. The van der Waals surface area contributed by atoms with E-state index in [1.807, 2.05) is 5.32 Å². The summed E-state index contributed by atoms with van der Waals surface area (Å²) in [5, 5.41) is 2.02. The number of ether oxygens (including phenoxy) is 1. The molecule has 1 amide bonds. The van der Waals surface area contributed by atoms with Crippen LogP contribution in [-0.4, -0.2) is 12.5 Å². The van der Waals surface area contributed by atoms with Gasteiger partial charge in [-0.1, -0.05) is 12.1 Å². The molecule has 0 heterocycles. The average molecular weight is 331 g/mol. The summed E-state index contributed by atoms with van der Waals surface area (Å²) >= 11 is 0. The molecule has 0 aliphatic carbocycles. The Morgan fingerprint density at radius 1 is 1.09 bits per heavy atom. The Bertz CT molecular complexity index is 715. The lowest BCUT2D eigenvalue weighted by molar-refractivity contribution is -0.139. The number of alkyl halides is 3. The maximum absolute atomic E-state index is 13.3. The zero-order valence-corrected chi connectivity index (χ0v) is 11.5. The summed E-state index contributed by atoms with van der Waals surface area (Å²) in [4.78, 5) is 11.6. The zero-order valence-electron chi connectivity index (χ0n) is 11.5. The second kappa shape index (κ2) is 6.64. The number of carbonyl (C=O) groups is 1. The molecule has 0 saturated heterocycles. The standard InChI is InChI=1S/C15H10F5NO2/c16-9-5-6-11(17)12(7-9)21-14(22)8-23-13-4-2-1-3-10(13)15(18,19)20/h1-7H,8H2,(H,21,22). The number of rotatable bonds is 4. The number of halogens is 5. The Morgan fingerprint density at radius 3 is 2.48 bits per heavy atom. The maximum Gasteiger partial charge on any atom is 0.419 e. The molecule has 122 valence electrons. The van der Waals surface area contributed by atoms with Crippen molar-refractivity contribution in [3.8, 4) is 5.75 Å². The predicted molar refractivity (Wildman–Crippen MR) is 71.9 cm³/mol. The number of hydrogen-bond acceptors (Lipinski definition) is 2. The van der Waals surface area contributed by atoms with Gasteiger partial charge in [-0.15, -0.1) is 0 Å². The lowest BCUT2D eigenvalue weighted by Crippen LogP contribution is -2.22. The van der Waals surface area contributed by atoms with Gasteiger partial charge in [-0.2, -0.15) is 13.2 Å². The van der Waals surface area contributed by atoms with Crippen LogP contribution < -0.4 is 10.1 Å². The molecule has 8 heteroatoms. The van der Waals surface area contributed by atoms with E-state index in [4.69, 9.17) is 4.74 Å². The monoisotopic (exact) mass is 331 g/mol. The molecule has 0 aromatic heterocycles. The average Bonchev–Trinajstić information content (AvgIpc) is 2.48. The van der Waals surface area contributed by atoms with Crippen LogP contribution in [0.3, 0.4) is 0 Å². The van der Waals surface area contributed by atoms with Crippen molar-refractivity contribution in [3.63, 3.8) is 0 Å². The first kappa shape index (κ1) is 16.7. The van der Waals surface area contributed by atoms with Crippen LogP contribution in [0.5, 0.6) is 5.75 Å². The van der Waals surface area contributed by atoms with E-state index in [1.165, 1.54) is 12.1 Å². The van der Waals surface area contributed by atoms with Crippen molar-refractivity contribution in [3.05, 3.63) is 59.7 Å². The van der Waals surface area contributed by atoms with E-state index in [1.54, 1.807) is 0 Å². The minimum absolute atomic E-state index is 0.428. The van der Waals surface area contributed by atoms with Crippen molar-refractivity contribution >= 4 is 11.6 Å². The smallest absolute Gasteiger partial charge is 0.419 e. The molecular formula is C15H10F5NO2. The Balaban J connectivity index is 2.04. The Morgan fingerprint density at radius 2 is 1.78 bits per heavy atom. The molecule has 0 saturated carbocycles. The number of para-hydroxylation sites is 1. The minimum atomic E-state index is -4.64. The lowest BCUT2D eigenvalue weighted by Gasteiger charge is -2.13. The Hall–Kier alpha value is -2.64. The van der Waals surface area contributed by atoms with E-state index in [-0.39, 0.29) is 0 Å². The maximum atomic E-state index is 13.3. The van der Waals surface area contributed by atoms with Gasteiger partial charge in [-0.25, -0.2) is 8.78 Å². The molecule has 0 fully saturated rings. The SMILES string of the molecule is O=C(COc1ccccc1C(F)(F)F)Nc1cc(F)ccc1F. The van der Waals surface area contributed by atoms with E-state index in [9.17, 15) is 26.7 Å². The van der Waals surface area contributed by atoms with E-state index >= 15 is 0 Å². The highest BCUT2D eigenvalue weighted by molar-refractivity contribution is 5.92. The number of nitrogens with one attached hydrogen (secondary N) is 1. The summed E-state index contributed by atoms with van der Waals surface area (Å²) in [6.45, 7) is -0.789. The first-order chi connectivity index (χ1) is 10.8. The molecule has 3 nitrogen and oxygen atoms in total. The fraction of sp³-hybridized carbons (Fsp3) is 0.133. The van der Waals surface area contributed by atoms with Gasteiger partial charge in [0.1, 0.15) is 17.4 Å². The molecule has 0 bridgehead atoms. The predicted octanol–water partition coefficient (Wildman–Crippen LogP) is 4.00. The van der Waals surface area contributed by atoms with E-state index in [2.05, 4.69) is 0 Å². The summed E-state index contributed by atoms with van der Waals surface area (Å²) in [5.41, 5.74) is -1.47. The van der Waals surface area contributed by atoms with Crippen molar-refractivity contribution in [1.29, 1.82) is 0 Å². The summed E-state index contributed by atoms with van der Waals surface area (Å²) in [5.74, 6) is -3.11. The van der Waals surface area contributed by atoms with Crippen LogP contribution in [0.4, 0.5) is 27.6 Å². The van der Waals surface area contributed by atoms with E-state index in [0.29, 0.717) is 0 Å². The quantitative estimate of drug-likeness (QED) is 0.860. The van der Waals surface area contributed by atoms with Crippen molar-refractivity contribution in [1.82, 2.24) is 0 Å². The Labute approximate surface area is 127 Å². The third-order valence-electron chi connectivity index (χ3n) is 2.75. The fourth-order valence-electron chi connectivity index (χ4n) is 1.75. The van der Waals surface area contributed by atoms with Crippen LogP contribution in [0.15, 0.2) is 42.5 Å². The van der Waals surface area contributed by atoms with Crippen LogP contribution in [0.1, 0.15) is 5.56 Å². The summed E-state index contributed by atoms with van der Waals surface area (Å²) in [6, 6.07) is 6.77. The zero-order chi connectivity index (χ0) is 17.0. The van der Waals surface area contributed by atoms with Crippen molar-refractivity contribution in [2.45, 2.75) is 6.18 Å². The molecule has 2 aromatic rings. The molecule has 2 aromatic carbocycles. The number of anilines is 1. The molecule has 23 heavy (non-hydrogen) atoms. The van der Waals surface area contributed by atoms with Crippen LogP contribution in [-0.2, 0) is 11.0 Å². The molecule has 2 rings (SSSR count). The van der Waals surface area contributed by atoms with Gasteiger partial charge in [0.25, 0.3) is 5.91 Å². The Kier molecular flexibility index (Phi) is 4.83. The highest BCUT2D eigenvalue weighted by atomic mass is 19.4. The number of carbonyl (C=O) groups excluding carboxylic acids is 1. The minimum Gasteiger partial charge on any atom is -0.483 e. The molecule has 0 atom stereocenters. The highest BCUT2D eigenvalue weighted by Crippen LogP contribution is 2.35. The molecule has 0 aliphatic rings. The third kappa shape index (κ3) is 4.41.